The summed E-state index contributed by atoms with van der Waals surface area (Å²) in [6.07, 6.45) is 1.56. The summed E-state index contributed by atoms with van der Waals surface area (Å²) < 4.78 is 29.0. The summed E-state index contributed by atoms with van der Waals surface area (Å²) in [6, 6.07) is 3.25. The van der Waals surface area contributed by atoms with Crippen molar-refractivity contribution in [3.8, 4) is 11.4 Å². The molecule has 3 rings (SSSR count). The smallest absolute Gasteiger partial charge is 0.259 e. The number of primary amides is 1. The van der Waals surface area contributed by atoms with Crippen LogP contribution in [0, 0.1) is 11.6 Å². The van der Waals surface area contributed by atoms with E-state index in [0.717, 1.165) is 17.4 Å². The molecule has 3 aromatic rings. The van der Waals surface area contributed by atoms with Crippen molar-refractivity contribution in [2.45, 2.75) is 12.3 Å². The van der Waals surface area contributed by atoms with E-state index in [1.165, 1.54) is 23.1 Å². The molecule has 0 saturated carbocycles. The molecule has 10 heteroatoms. The molecule has 0 aliphatic rings. The highest BCUT2D eigenvalue weighted by molar-refractivity contribution is 7.18. The number of carbonyl (C=O) groups excluding carboxylic acids is 1. The second kappa shape index (κ2) is 7.71. The fraction of sp³-hybridized carbons (Fsp3) is 0.235. The van der Waals surface area contributed by atoms with Gasteiger partial charge in [-0.05, 0) is 36.2 Å². The van der Waals surface area contributed by atoms with E-state index >= 15 is 0 Å². The van der Waals surface area contributed by atoms with Crippen LogP contribution in [0.5, 0.6) is 0 Å². The van der Waals surface area contributed by atoms with Crippen LogP contribution in [0.15, 0.2) is 24.5 Å². The Morgan fingerprint density at radius 2 is 2.00 bits per heavy atom. The van der Waals surface area contributed by atoms with Gasteiger partial charge in [-0.15, -0.1) is 11.3 Å². The molecular weight excluding hydrogens is 396 g/mol. The van der Waals surface area contributed by atoms with Gasteiger partial charge in [0.15, 0.2) is 5.82 Å². The molecule has 0 saturated heterocycles. The standard InChI is InChI=1S/C17H16ClF2N5OS/c1-25-17(23-7-24-25)13-12(14(16(22)26)27-15(13)18)9(6-21)2-8-3-10(19)5-11(20)4-8/h3-5,7,9H,2,6,21H2,1H3,(H2,22,26)/t9-/m1/s1. The maximum Gasteiger partial charge on any atom is 0.259 e. The zero-order chi connectivity index (χ0) is 19.7. The van der Waals surface area contributed by atoms with Crippen molar-refractivity contribution >= 4 is 28.8 Å². The van der Waals surface area contributed by atoms with Crippen molar-refractivity contribution in [2.75, 3.05) is 6.54 Å². The molecule has 0 fully saturated rings. The third-order valence-corrected chi connectivity index (χ3v) is 5.59. The minimum absolute atomic E-state index is 0.107. The third kappa shape index (κ3) is 3.85. The van der Waals surface area contributed by atoms with Crippen LogP contribution in [0.1, 0.15) is 26.7 Å². The highest BCUT2D eigenvalue weighted by Crippen LogP contribution is 2.43. The quantitative estimate of drug-likeness (QED) is 0.651. The van der Waals surface area contributed by atoms with Crippen LogP contribution in [-0.2, 0) is 13.5 Å². The largest absolute Gasteiger partial charge is 0.365 e. The fourth-order valence-corrected chi connectivity index (χ4v) is 4.41. The number of carbonyl (C=O) groups is 1. The van der Waals surface area contributed by atoms with Crippen LogP contribution in [0.25, 0.3) is 11.4 Å². The van der Waals surface area contributed by atoms with Gasteiger partial charge in [-0.25, -0.2) is 18.4 Å². The van der Waals surface area contributed by atoms with Gasteiger partial charge in [0.1, 0.15) is 22.3 Å². The molecule has 2 aromatic heterocycles. The van der Waals surface area contributed by atoms with Gasteiger partial charge >= 0.3 is 0 Å². The van der Waals surface area contributed by atoms with Crippen molar-refractivity contribution < 1.29 is 13.6 Å². The Kier molecular flexibility index (Phi) is 5.54. The molecule has 0 bridgehead atoms. The number of amides is 1. The lowest BCUT2D eigenvalue weighted by Crippen LogP contribution is -2.20. The Bertz CT molecular complexity index is 983. The van der Waals surface area contributed by atoms with Crippen molar-refractivity contribution in [1.29, 1.82) is 0 Å². The number of nitrogens with zero attached hydrogens (tertiary/aromatic N) is 3. The lowest BCUT2D eigenvalue weighted by molar-refractivity contribution is 0.100. The van der Waals surface area contributed by atoms with E-state index < -0.39 is 23.5 Å². The topological polar surface area (TPSA) is 99.8 Å². The summed E-state index contributed by atoms with van der Waals surface area (Å²) in [5.41, 5.74) is 12.9. The van der Waals surface area contributed by atoms with Crippen molar-refractivity contribution in [3.05, 3.63) is 56.5 Å². The van der Waals surface area contributed by atoms with Crippen LogP contribution < -0.4 is 11.5 Å². The molecule has 1 amide bonds. The first kappa shape index (κ1) is 19.4. The predicted octanol–water partition coefficient (Wildman–Crippen LogP) is 2.86. The minimum Gasteiger partial charge on any atom is -0.365 e. The predicted molar refractivity (Wildman–Crippen MR) is 99.7 cm³/mol. The maximum absolute atomic E-state index is 13.6. The number of rotatable bonds is 6. The van der Waals surface area contributed by atoms with Crippen LogP contribution in [0.4, 0.5) is 8.78 Å². The van der Waals surface area contributed by atoms with Gasteiger partial charge in [0.25, 0.3) is 5.91 Å². The van der Waals surface area contributed by atoms with Gasteiger partial charge in [0.2, 0.25) is 0 Å². The van der Waals surface area contributed by atoms with Gasteiger partial charge < -0.3 is 11.5 Å². The Balaban J connectivity index is 2.14. The minimum atomic E-state index is -0.687. The van der Waals surface area contributed by atoms with Gasteiger partial charge in [-0.3, -0.25) is 4.79 Å². The zero-order valence-electron chi connectivity index (χ0n) is 14.2. The third-order valence-electron chi connectivity index (χ3n) is 4.16. The SMILES string of the molecule is Cn1ncnc1-c1c(Cl)sc(C(N)=O)c1[C@@H](CN)Cc1cc(F)cc(F)c1. The number of thiophene rings is 1. The summed E-state index contributed by atoms with van der Waals surface area (Å²) in [5, 5.41) is 4.03. The zero-order valence-corrected chi connectivity index (χ0v) is 15.8. The molecule has 142 valence electrons. The molecular formula is C17H16ClF2N5OS. The Morgan fingerprint density at radius 3 is 2.52 bits per heavy atom. The van der Waals surface area contributed by atoms with E-state index in [-0.39, 0.29) is 17.8 Å². The average Bonchev–Trinajstić information content (AvgIpc) is 3.14. The molecule has 2 heterocycles. The Labute approximate surface area is 162 Å². The molecule has 1 aromatic carbocycles. The summed E-state index contributed by atoms with van der Waals surface area (Å²) >= 11 is 7.40. The number of benzene rings is 1. The van der Waals surface area contributed by atoms with E-state index in [1.54, 1.807) is 7.05 Å². The Hall–Kier alpha value is -2.36. The van der Waals surface area contributed by atoms with Crippen molar-refractivity contribution in [2.24, 2.45) is 18.5 Å². The summed E-state index contributed by atoms with van der Waals surface area (Å²) in [7, 11) is 1.68. The van der Waals surface area contributed by atoms with Gasteiger partial charge in [-0.1, -0.05) is 11.6 Å². The van der Waals surface area contributed by atoms with E-state index in [9.17, 15) is 13.6 Å². The first-order chi connectivity index (χ1) is 12.8. The van der Waals surface area contributed by atoms with Crippen molar-refractivity contribution in [3.63, 3.8) is 0 Å². The van der Waals surface area contributed by atoms with E-state index in [2.05, 4.69) is 10.1 Å². The molecule has 6 nitrogen and oxygen atoms in total. The molecule has 0 aliphatic carbocycles. The lowest BCUT2D eigenvalue weighted by atomic mass is 9.89. The van der Waals surface area contributed by atoms with E-state index in [0.29, 0.717) is 26.9 Å². The molecule has 1 atom stereocenters. The molecule has 0 aliphatic heterocycles. The van der Waals surface area contributed by atoms with Crippen LogP contribution in [0.2, 0.25) is 4.34 Å². The van der Waals surface area contributed by atoms with E-state index in [1.807, 2.05) is 0 Å². The summed E-state index contributed by atoms with van der Waals surface area (Å²) in [5.74, 6) is -2.04. The van der Waals surface area contributed by atoms with Gasteiger partial charge in [-0.2, -0.15) is 5.10 Å². The first-order valence-corrected chi connectivity index (χ1v) is 9.12. The normalized spacial score (nSPS) is 12.3. The second-order valence-corrected chi connectivity index (χ2v) is 7.60. The summed E-state index contributed by atoms with van der Waals surface area (Å²) in [4.78, 5) is 16.4. The number of nitrogens with two attached hydrogens (primary N) is 2. The highest BCUT2D eigenvalue weighted by Gasteiger charge is 2.29. The number of hydrogen-bond acceptors (Lipinski definition) is 5. The van der Waals surface area contributed by atoms with E-state index in [4.69, 9.17) is 23.1 Å². The number of halogens is 3. The number of aromatic nitrogens is 3. The molecule has 0 spiro atoms. The lowest BCUT2D eigenvalue weighted by Gasteiger charge is -2.18. The second-order valence-electron chi connectivity index (χ2n) is 5.98. The molecule has 4 N–H and O–H groups in total. The summed E-state index contributed by atoms with van der Waals surface area (Å²) in [6.45, 7) is 0.107. The first-order valence-electron chi connectivity index (χ1n) is 7.93. The Morgan fingerprint density at radius 1 is 1.33 bits per heavy atom. The van der Waals surface area contributed by atoms with Gasteiger partial charge in [0, 0.05) is 19.0 Å². The number of aryl methyl sites for hydroxylation is 1. The average molecular weight is 412 g/mol. The fourth-order valence-electron chi connectivity index (χ4n) is 3.04. The van der Waals surface area contributed by atoms with Crippen molar-refractivity contribution in [1.82, 2.24) is 14.8 Å². The van der Waals surface area contributed by atoms with Crippen LogP contribution in [0.3, 0.4) is 0 Å². The monoisotopic (exact) mass is 411 g/mol. The van der Waals surface area contributed by atoms with Gasteiger partial charge in [0.05, 0.1) is 10.4 Å². The van der Waals surface area contributed by atoms with Crippen LogP contribution in [-0.4, -0.2) is 27.2 Å². The van der Waals surface area contributed by atoms with Crippen LogP contribution >= 0.6 is 22.9 Å². The molecule has 0 radical (unpaired) electrons. The molecule has 27 heavy (non-hydrogen) atoms. The number of hydrogen-bond donors (Lipinski definition) is 2. The highest BCUT2D eigenvalue weighted by atomic mass is 35.5. The maximum atomic E-state index is 13.6. The molecule has 0 unspecified atom stereocenters.